The number of ether oxygens (including phenoxy) is 1. The van der Waals surface area contributed by atoms with E-state index in [-0.39, 0.29) is 12.0 Å². The number of aryl methyl sites for hydroxylation is 2. The molecule has 1 N–H and O–H groups in total. The molecule has 1 saturated heterocycles. The lowest BCUT2D eigenvalue weighted by Gasteiger charge is -2.33. The topological polar surface area (TPSA) is 80.5 Å². The Morgan fingerprint density at radius 3 is 2.96 bits per heavy atom. The molecule has 0 spiro atoms. The second kappa shape index (κ2) is 7.65. The molecule has 2 aromatic rings. The molecule has 0 unspecified atom stereocenters. The minimum absolute atomic E-state index is 0.123. The Morgan fingerprint density at radius 2 is 2.24 bits per heavy atom. The fourth-order valence-electron chi connectivity index (χ4n) is 3.07. The number of hydrogen-bond acceptors (Lipinski definition) is 6. The van der Waals surface area contributed by atoms with Crippen molar-refractivity contribution < 1.29 is 14.1 Å². The average Bonchev–Trinajstić information content (AvgIpc) is 2.97. The van der Waals surface area contributed by atoms with E-state index in [0.717, 1.165) is 28.5 Å². The minimum atomic E-state index is -0.190. The lowest BCUT2D eigenvalue weighted by atomic mass is 10.1. The van der Waals surface area contributed by atoms with Gasteiger partial charge in [0.05, 0.1) is 24.5 Å². The predicted molar refractivity (Wildman–Crippen MR) is 93.4 cm³/mol. The highest BCUT2D eigenvalue weighted by Gasteiger charge is 2.26. The number of aromatic nitrogens is 2. The van der Waals surface area contributed by atoms with Crippen LogP contribution < -0.4 is 5.32 Å². The molecule has 0 saturated carbocycles. The van der Waals surface area contributed by atoms with E-state index in [1.165, 1.54) is 0 Å². The number of hydrogen-bond donors (Lipinski definition) is 1. The molecular weight excluding hydrogens is 320 g/mol. The van der Waals surface area contributed by atoms with E-state index in [2.05, 4.69) is 15.5 Å². The third-order valence-electron chi connectivity index (χ3n) is 4.55. The smallest absolute Gasteiger partial charge is 0.223 e. The maximum absolute atomic E-state index is 12.6. The number of pyridine rings is 1. The third-order valence-corrected chi connectivity index (χ3v) is 4.55. The summed E-state index contributed by atoms with van der Waals surface area (Å²) in [6, 6.07) is 5.78. The molecule has 1 aliphatic heterocycles. The zero-order chi connectivity index (χ0) is 17.8. The van der Waals surface area contributed by atoms with Crippen molar-refractivity contribution in [2.75, 3.05) is 32.1 Å². The van der Waals surface area contributed by atoms with Crippen LogP contribution in [0.1, 0.15) is 35.2 Å². The fraction of sp³-hybridized carbons (Fsp3) is 0.500. The van der Waals surface area contributed by atoms with Gasteiger partial charge in [0.15, 0.2) is 0 Å². The molecule has 0 bridgehead atoms. The van der Waals surface area contributed by atoms with E-state index in [9.17, 15) is 4.79 Å². The van der Waals surface area contributed by atoms with Crippen molar-refractivity contribution in [2.45, 2.75) is 32.8 Å². The van der Waals surface area contributed by atoms with Crippen LogP contribution in [0.5, 0.6) is 0 Å². The van der Waals surface area contributed by atoms with Crippen molar-refractivity contribution >= 4 is 11.7 Å². The van der Waals surface area contributed by atoms with Gasteiger partial charge in [-0.3, -0.25) is 4.79 Å². The summed E-state index contributed by atoms with van der Waals surface area (Å²) in [5, 5.41) is 6.97. The molecule has 0 radical (unpaired) electrons. The zero-order valence-corrected chi connectivity index (χ0v) is 14.9. The highest BCUT2D eigenvalue weighted by atomic mass is 16.5. The van der Waals surface area contributed by atoms with Crippen LogP contribution in [0.2, 0.25) is 0 Å². The summed E-state index contributed by atoms with van der Waals surface area (Å²) < 4.78 is 11.0. The van der Waals surface area contributed by atoms with Crippen molar-refractivity contribution in [1.29, 1.82) is 0 Å². The number of carbonyl (C=O) groups excluding carboxylic acids is 1. The summed E-state index contributed by atoms with van der Waals surface area (Å²) in [4.78, 5) is 19.0. The Labute approximate surface area is 147 Å². The van der Waals surface area contributed by atoms with Crippen LogP contribution in [-0.4, -0.2) is 47.7 Å². The molecule has 0 aliphatic carbocycles. The lowest BCUT2D eigenvalue weighted by Crippen LogP contribution is -2.42. The Bertz CT molecular complexity index is 724. The second-order valence-electron chi connectivity index (χ2n) is 6.20. The maximum Gasteiger partial charge on any atom is 0.223 e. The van der Waals surface area contributed by atoms with Crippen molar-refractivity contribution in [1.82, 2.24) is 15.0 Å². The van der Waals surface area contributed by atoms with Crippen molar-refractivity contribution in [3.63, 3.8) is 0 Å². The van der Waals surface area contributed by atoms with Crippen LogP contribution in [0.3, 0.4) is 0 Å². The number of nitrogens with zero attached hydrogens (tertiary/aromatic N) is 3. The molecule has 0 aromatic carbocycles. The van der Waals surface area contributed by atoms with E-state index < -0.39 is 0 Å². The van der Waals surface area contributed by atoms with Crippen LogP contribution in [0.4, 0.5) is 5.82 Å². The molecule has 7 nitrogen and oxygen atoms in total. The zero-order valence-electron chi connectivity index (χ0n) is 14.9. The summed E-state index contributed by atoms with van der Waals surface area (Å²) in [5.74, 6) is 1.71. The largest absolute Gasteiger partial charge is 0.373 e. The number of amides is 1. The van der Waals surface area contributed by atoms with Gasteiger partial charge in [0.25, 0.3) is 0 Å². The molecule has 7 heteroatoms. The molecule has 3 heterocycles. The molecular formula is C18H24N4O3. The summed E-state index contributed by atoms with van der Waals surface area (Å²) in [6.07, 6.45) is 0.903. The monoisotopic (exact) mass is 344 g/mol. The average molecular weight is 344 g/mol. The molecule has 1 amide bonds. The van der Waals surface area contributed by atoms with Gasteiger partial charge in [0, 0.05) is 25.6 Å². The van der Waals surface area contributed by atoms with Crippen LogP contribution >= 0.6 is 0 Å². The van der Waals surface area contributed by atoms with Crippen LogP contribution in [0.25, 0.3) is 0 Å². The van der Waals surface area contributed by atoms with E-state index in [1.807, 2.05) is 44.0 Å². The third kappa shape index (κ3) is 3.99. The highest BCUT2D eigenvalue weighted by molar-refractivity contribution is 5.76. The first-order chi connectivity index (χ1) is 12.1. The molecule has 134 valence electrons. The summed E-state index contributed by atoms with van der Waals surface area (Å²) >= 11 is 0. The molecule has 1 fully saturated rings. The van der Waals surface area contributed by atoms with Gasteiger partial charge in [-0.2, -0.15) is 0 Å². The summed E-state index contributed by atoms with van der Waals surface area (Å²) in [6.45, 7) is 5.45. The summed E-state index contributed by atoms with van der Waals surface area (Å²) in [5.41, 5.74) is 2.73. The molecule has 3 rings (SSSR count). The van der Waals surface area contributed by atoms with Gasteiger partial charge in [-0.15, -0.1) is 0 Å². The molecule has 1 atom stereocenters. The Balaban J connectivity index is 1.61. The van der Waals surface area contributed by atoms with Gasteiger partial charge < -0.3 is 19.5 Å². The van der Waals surface area contributed by atoms with Gasteiger partial charge in [0.1, 0.15) is 17.7 Å². The fourth-order valence-corrected chi connectivity index (χ4v) is 3.07. The van der Waals surface area contributed by atoms with Crippen LogP contribution in [0.15, 0.2) is 22.7 Å². The van der Waals surface area contributed by atoms with Crippen LogP contribution in [0, 0.1) is 13.8 Å². The van der Waals surface area contributed by atoms with Gasteiger partial charge in [-0.05, 0) is 32.4 Å². The number of carbonyl (C=O) groups is 1. The van der Waals surface area contributed by atoms with E-state index in [1.54, 1.807) is 0 Å². The highest BCUT2D eigenvalue weighted by Crippen LogP contribution is 2.23. The Morgan fingerprint density at radius 1 is 1.40 bits per heavy atom. The number of rotatable bonds is 5. The van der Waals surface area contributed by atoms with Gasteiger partial charge in [0.2, 0.25) is 5.91 Å². The van der Waals surface area contributed by atoms with E-state index >= 15 is 0 Å². The van der Waals surface area contributed by atoms with E-state index in [4.69, 9.17) is 9.26 Å². The van der Waals surface area contributed by atoms with Gasteiger partial charge >= 0.3 is 0 Å². The standard InChI is InChI=1S/C18H24N4O3/c1-12-14(13(2)25-21-12)7-8-18(23)22-9-10-24-16(11-22)15-5-4-6-17(19-3)20-15/h4-6,16H,7-11H2,1-3H3,(H,19,20)/t16-/m1/s1. The van der Waals surface area contributed by atoms with Crippen LogP contribution in [-0.2, 0) is 16.0 Å². The lowest BCUT2D eigenvalue weighted by molar-refractivity contribution is -0.139. The first kappa shape index (κ1) is 17.4. The maximum atomic E-state index is 12.6. The first-order valence-corrected chi connectivity index (χ1v) is 8.54. The molecule has 25 heavy (non-hydrogen) atoms. The van der Waals surface area contributed by atoms with Crippen molar-refractivity contribution in [2.24, 2.45) is 0 Å². The first-order valence-electron chi connectivity index (χ1n) is 8.54. The Hall–Kier alpha value is -2.41. The van der Waals surface area contributed by atoms with Gasteiger partial charge in [-0.25, -0.2) is 4.98 Å². The molecule has 1 aliphatic rings. The quantitative estimate of drug-likeness (QED) is 0.896. The summed E-state index contributed by atoms with van der Waals surface area (Å²) in [7, 11) is 1.83. The number of anilines is 1. The van der Waals surface area contributed by atoms with Crippen molar-refractivity contribution in [3.8, 4) is 0 Å². The normalized spacial score (nSPS) is 17.6. The van der Waals surface area contributed by atoms with Crippen molar-refractivity contribution in [3.05, 3.63) is 40.9 Å². The SMILES string of the molecule is CNc1cccc([C@H]2CN(C(=O)CCc3c(C)noc3C)CCO2)n1. The van der Waals surface area contributed by atoms with E-state index in [0.29, 0.717) is 32.5 Å². The number of morpholine rings is 1. The number of nitrogens with one attached hydrogen (secondary N) is 1. The Kier molecular flexibility index (Phi) is 5.33. The second-order valence-corrected chi connectivity index (χ2v) is 6.20. The predicted octanol–water partition coefficient (Wildman–Crippen LogP) is 2.26. The minimum Gasteiger partial charge on any atom is -0.373 e. The van der Waals surface area contributed by atoms with Gasteiger partial charge in [-0.1, -0.05) is 11.2 Å². The molecule has 2 aromatic heterocycles.